The summed E-state index contributed by atoms with van der Waals surface area (Å²) in [5, 5.41) is 0. The average molecular weight is 218 g/mol. The van der Waals surface area contributed by atoms with Crippen LogP contribution in [0.5, 0.6) is 0 Å². The number of rotatable bonds is 2. The summed E-state index contributed by atoms with van der Waals surface area (Å²) in [6, 6.07) is 0. The summed E-state index contributed by atoms with van der Waals surface area (Å²) < 4.78 is 10.9. The molecule has 0 aromatic carbocycles. The number of nitrogens with two attached hydrogens (primary N) is 1. The van der Waals surface area contributed by atoms with Crippen LogP contribution in [0.4, 0.5) is 0 Å². The lowest BCUT2D eigenvalue weighted by atomic mass is 9.86. The summed E-state index contributed by atoms with van der Waals surface area (Å²) in [6.07, 6.45) is 8.03. The van der Waals surface area contributed by atoms with Crippen molar-refractivity contribution in [3.8, 4) is 11.3 Å². The Morgan fingerprint density at radius 3 is 3.12 bits per heavy atom. The molecule has 1 unspecified atom stereocenters. The van der Waals surface area contributed by atoms with Gasteiger partial charge in [0.2, 0.25) is 0 Å². The minimum Gasteiger partial charge on any atom is -0.468 e. The maximum atomic E-state index is 5.69. The minimum absolute atomic E-state index is 0.557. The summed E-state index contributed by atoms with van der Waals surface area (Å²) in [5.74, 6) is 2.41. The molecule has 2 aromatic rings. The SMILES string of the molecule is NCC1CCc2c(-c3cnco3)coc2C1. The van der Waals surface area contributed by atoms with Crippen LogP contribution >= 0.6 is 0 Å². The molecule has 0 radical (unpaired) electrons. The van der Waals surface area contributed by atoms with Crippen LogP contribution in [0.25, 0.3) is 11.3 Å². The highest BCUT2D eigenvalue weighted by Gasteiger charge is 2.24. The van der Waals surface area contributed by atoms with Gasteiger partial charge in [0.05, 0.1) is 11.8 Å². The average Bonchev–Trinajstić information content (AvgIpc) is 2.96. The van der Waals surface area contributed by atoms with E-state index in [1.807, 2.05) is 0 Å². The van der Waals surface area contributed by atoms with E-state index in [4.69, 9.17) is 14.6 Å². The largest absolute Gasteiger partial charge is 0.468 e. The second-order valence-electron chi connectivity index (χ2n) is 4.26. The van der Waals surface area contributed by atoms with E-state index in [2.05, 4.69) is 4.98 Å². The van der Waals surface area contributed by atoms with Crippen molar-refractivity contribution in [2.45, 2.75) is 19.3 Å². The predicted molar refractivity (Wildman–Crippen MR) is 58.8 cm³/mol. The maximum Gasteiger partial charge on any atom is 0.181 e. The number of aromatic nitrogens is 1. The summed E-state index contributed by atoms with van der Waals surface area (Å²) in [7, 11) is 0. The van der Waals surface area contributed by atoms with Gasteiger partial charge in [-0.15, -0.1) is 0 Å². The van der Waals surface area contributed by atoms with Crippen LogP contribution in [0, 0.1) is 5.92 Å². The highest BCUT2D eigenvalue weighted by molar-refractivity contribution is 5.61. The first-order valence-corrected chi connectivity index (χ1v) is 5.56. The lowest BCUT2D eigenvalue weighted by Crippen LogP contribution is -2.21. The molecule has 84 valence electrons. The molecule has 0 bridgehead atoms. The number of fused-ring (bicyclic) bond motifs is 1. The van der Waals surface area contributed by atoms with Crippen molar-refractivity contribution in [2.24, 2.45) is 11.7 Å². The second-order valence-corrected chi connectivity index (χ2v) is 4.26. The van der Waals surface area contributed by atoms with Crippen molar-refractivity contribution in [2.75, 3.05) is 6.54 Å². The number of furan rings is 1. The van der Waals surface area contributed by atoms with Crippen molar-refractivity contribution >= 4 is 0 Å². The van der Waals surface area contributed by atoms with Gasteiger partial charge >= 0.3 is 0 Å². The van der Waals surface area contributed by atoms with Crippen molar-refractivity contribution in [1.82, 2.24) is 4.98 Å². The fraction of sp³-hybridized carbons (Fsp3) is 0.417. The lowest BCUT2D eigenvalue weighted by molar-refractivity contribution is 0.397. The van der Waals surface area contributed by atoms with E-state index < -0.39 is 0 Å². The van der Waals surface area contributed by atoms with Crippen LogP contribution in [0.2, 0.25) is 0 Å². The van der Waals surface area contributed by atoms with Crippen LogP contribution in [-0.2, 0) is 12.8 Å². The fourth-order valence-corrected chi connectivity index (χ4v) is 2.34. The van der Waals surface area contributed by atoms with Crippen LogP contribution in [0.3, 0.4) is 0 Å². The van der Waals surface area contributed by atoms with E-state index in [1.165, 1.54) is 12.0 Å². The molecule has 0 amide bonds. The molecule has 0 saturated carbocycles. The Bertz CT molecular complexity index is 473. The number of hydrogen-bond donors (Lipinski definition) is 1. The lowest BCUT2D eigenvalue weighted by Gasteiger charge is -2.19. The summed E-state index contributed by atoms with van der Waals surface area (Å²) in [6.45, 7) is 0.734. The molecule has 2 N–H and O–H groups in total. The minimum atomic E-state index is 0.557. The molecule has 2 aromatic heterocycles. The zero-order chi connectivity index (χ0) is 11.0. The van der Waals surface area contributed by atoms with Gasteiger partial charge in [0.15, 0.2) is 12.2 Å². The highest BCUT2D eigenvalue weighted by atomic mass is 16.3. The topological polar surface area (TPSA) is 65.2 Å². The quantitative estimate of drug-likeness (QED) is 0.837. The molecule has 1 atom stereocenters. The Morgan fingerprint density at radius 2 is 2.38 bits per heavy atom. The predicted octanol–water partition coefficient (Wildman–Crippen LogP) is 2.00. The Hall–Kier alpha value is -1.55. The Kier molecular flexibility index (Phi) is 2.29. The molecule has 3 rings (SSSR count). The van der Waals surface area contributed by atoms with E-state index in [-0.39, 0.29) is 0 Å². The normalized spacial score (nSPS) is 19.7. The van der Waals surface area contributed by atoms with E-state index >= 15 is 0 Å². The molecule has 4 heteroatoms. The zero-order valence-corrected chi connectivity index (χ0v) is 8.98. The number of nitrogens with zero attached hydrogens (tertiary/aromatic N) is 1. The molecule has 1 aliphatic rings. The Labute approximate surface area is 93.5 Å². The molecule has 2 heterocycles. The highest BCUT2D eigenvalue weighted by Crippen LogP contribution is 2.34. The van der Waals surface area contributed by atoms with Crippen molar-refractivity contribution < 1.29 is 8.83 Å². The fourth-order valence-electron chi connectivity index (χ4n) is 2.34. The molecule has 1 aliphatic carbocycles. The van der Waals surface area contributed by atoms with E-state index in [9.17, 15) is 0 Å². The van der Waals surface area contributed by atoms with Gasteiger partial charge in [-0.05, 0) is 25.3 Å². The van der Waals surface area contributed by atoms with Gasteiger partial charge in [0.1, 0.15) is 12.0 Å². The first-order valence-electron chi connectivity index (χ1n) is 5.56. The van der Waals surface area contributed by atoms with Crippen LogP contribution in [0.1, 0.15) is 17.7 Å². The number of oxazole rings is 1. The van der Waals surface area contributed by atoms with Crippen LogP contribution in [0.15, 0.2) is 27.7 Å². The molecule has 0 fully saturated rings. The van der Waals surface area contributed by atoms with Gasteiger partial charge in [-0.1, -0.05) is 0 Å². The van der Waals surface area contributed by atoms with Gasteiger partial charge in [0, 0.05) is 12.0 Å². The summed E-state index contributed by atoms with van der Waals surface area (Å²) in [4.78, 5) is 3.93. The molecule has 4 nitrogen and oxygen atoms in total. The first-order chi connectivity index (χ1) is 7.88. The standard InChI is InChI=1S/C12H14N2O2/c13-4-8-1-2-9-10(6-15-11(9)3-8)12-5-14-7-16-12/h5-8H,1-4,13H2. The molecular formula is C12H14N2O2. The van der Waals surface area contributed by atoms with E-state index in [0.29, 0.717) is 5.92 Å². The van der Waals surface area contributed by atoms with Crippen molar-refractivity contribution in [1.29, 1.82) is 0 Å². The second kappa shape index (κ2) is 3.79. The number of hydrogen-bond acceptors (Lipinski definition) is 4. The monoisotopic (exact) mass is 218 g/mol. The third kappa shape index (κ3) is 1.46. The van der Waals surface area contributed by atoms with Crippen molar-refractivity contribution in [3.63, 3.8) is 0 Å². The van der Waals surface area contributed by atoms with Crippen molar-refractivity contribution in [3.05, 3.63) is 30.2 Å². The molecule has 16 heavy (non-hydrogen) atoms. The molecule has 0 aliphatic heterocycles. The van der Waals surface area contributed by atoms with Gasteiger partial charge in [-0.25, -0.2) is 4.98 Å². The van der Waals surface area contributed by atoms with Crippen LogP contribution in [-0.4, -0.2) is 11.5 Å². The van der Waals surface area contributed by atoms with Crippen LogP contribution < -0.4 is 5.73 Å². The smallest absolute Gasteiger partial charge is 0.181 e. The zero-order valence-electron chi connectivity index (χ0n) is 8.98. The first kappa shape index (κ1) is 9.66. The van der Waals surface area contributed by atoms with Gasteiger partial charge in [-0.2, -0.15) is 0 Å². The van der Waals surface area contributed by atoms with Gasteiger partial charge < -0.3 is 14.6 Å². The third-order valence-electron chi connectivity index (χ3n) is 3.29. The summed E-state index contributed by atoms with van der Waals surface area (Å²) in [5.41, 5.74) is 8.00. The Balaban J connectivity index is 1.97. The van der Waals surface area contributed by atoms with E-state index in [0.717, 1.165) is 42.9 Å². The van der Waals surface area contributed by atoms with E-state index in [1.54, 1.807) is 12.5 Å². The van der Waals surface area contributed by atoms with Gasteiger partial charge in [0.25, 0.3) is 0 Å². The molecule has 0 saturated heterocycles. The molecule has 0 spiro atoms. The Morgan fingerprint density at radius 1 is 1.44 bits per heavy atom. The molecular weight excluding hydrogens is 204 g/mol. The maximum absolute atomic E-state index is 5.69. The summed E-state index contributed by atoms with van der Waals surface area (Å²) >= 11 is 0. The third-order valence-corrected chi connectivity index (χ3v) is 3.29. The van der Waals surface area contributed by atoms with Gasteiger partial charge in [-0.3, -0.25) is 0 Å².